The van der Waals surface area contributed by atoms with Gasteiger partial charge in [0.2, 0.25) is 0 Å². The molecular formula is C25H27N3O4. The van der Waals surface area contributed by atoms with Crippen LogP contribution in [0, 0.1) is 25.2 Å². The van der Waals surface area contributed by atoms with Crippen LogP contribution in [0.3, 0.4) is 0 Å². The molecular weight excluding hydrogens is 406 g/mol. The molecule has 0 aromatic heterocycles. The fourth-order valence-corrected chi connectivity index (χ4v) is 3.63. The summed E-state index contributed by atoms with van der Waals surface area (Å²) in [7, 11) is 3.19. The van der Waals surface area contributed by atoms with Crippen LogP contribution in [0.15, 0.2) is 48.2 Å². The Morgan fingerprint density at radius 2 is 1.53 bits per heavy atom. The van der Waals surface area contributed by atoms with Crippen LogP contribution in [0.5, 0.6) is 0 Å². The first-order valence-corrected chi connectivity index (χ1v) is 10.4. The van der Waals surface area contributed by atoms with E-state index in [1.54, 1.807) is 38.5 Å². The molecule has 32 heavy (non-hydrogen) atoms. The number of hydrogen-bond donors (Lipinski definition) is 0. The van der Waals surface area contributed by atoms with E-state index in [0.717, 1.165) is 11.1 Å². The largest absolute Gasteiger partial charge is 0.383 e. The number of carbonyl (C=O) groups excluding carboxylic acids is 2. The van der Waals surface area contributed by atoms with Crippen molar-refractivity contribution in [1.82, 2.24) is 4.90 Å². The molecule has 166 valence electrons. The van der Waals surface area contributed by atoms with Gasteiger partial charge >= 0.3 is 0 Å². The molecule has 7 nitrogen and oxygen atoms in total. The van der Waals surface area contributed by atoms with Gasteiger partial charge in [-0.25, -0.2) is 4.90 Å². The van der Waals surface area contributed by atoms with Crippen molar-refractivity contribution >= 4 is 23.1 Å². The van der Waals surface area contributed by atoms with E-state index in [4.69, 9.17) is 14.7 Å². The lowest BCUT2D eigenvalue weighted by Crippen LogP contribution is -2.37. The van der Waals surface area contributed by atoms with Crippen molar-refractivity contribution in [3.05, 3.63) is 70.4 Å². The molecule has 3 rings (SSSR count). The van der Waals surface area contributed by atoms with E-state index in [-0.39, 0.29) is 0 Å². The number of nitriles is 1. The topological polar surface area (TPSA) is 82.9 Å². The first-order chi connectivity index (χ1) is 15.4. The highest BCUT2D eigenvalue weighted by Crippen LogP contribution is 2.35. The number of nitrogens with zero attached hydrogens (tertiary/aromatic N) is 3. The number of aryl methyl sites for hydroxylation is 2. The molecule has 2 amide bonds. The molecule has 0 atom stereocenters. The lowest BCUT2D eigenvalue weighted by Gasteiger charge is -2.25. The average Bonchev–Trinajstić information content (AvgIpc) is 3.06. The van der Waals surface area contributed by atoms with Crippen LogP contribution < -0.4 is 4.90 Å². The van der Waals surface area contributed by atoms with Gasteiger partial charge in [0.25, 0.3) is 11.8 Å². The van der Waals surface area contributed by atoms with E-state index in [0.29, 0.717) is 54.4 Å². The van der Waals surface area contributed by atoms with Crippen LogP contribution in [0.25, 0.3) is 5.57 Å². The van der Waals surface area contributed by atoms with Gasteiger partial charge in [0.05, 0.1) is 36.1 Å². The first kappa shape index (κ1) is 23.2. The molecule has 0 saturated heterocycles. The number of benzene rings is 2. The van der Waals surface area contributed by atoms with E-state index in [1.165, 1.54) is 4.90 Å². The second-order valence-electron chi connectivity index (χ2n) is 7.60. The Labute approximate surface area is 188 Å². The van der Waals surface area contributed by atoms with Crippen molar-refractivity contribution in [2.24, 2.45) is 0 Å². The fourth-order valence-electron chi connectivity index (χ4n) is 3.63. The fraction of sp³-hybridized carbons (Fsp3) is 0.320. The van der Waals surface area contributed by atoms with Gasteiger partial charge in [-0.2, -0.15) is 5.26 Å². The molecule has 1 heterocycles. The minimum absolute atomic E-state index is 0.330. The molecule has 0 N–H and O–H groups in total. The van der Waals surface area contributed by atoms with Crippen molar-refractivity contribution in [3.63, 3.8) is 0 Å². The van der Waals surface area contributed by atoms with Crippen LogP contribution >= 0.6 is 0 Å². The SMILES string of the molecule is COCCN(CCOC)C1=C(c2ccc(C)c(C)c2)C(=O)N(c2ccc(C#N)cc2)C1=O. The zero-order valence-electron chi connectivity index (χ0n) is 18.8. The average molecular weight is 434 g/mol. The maximum Gasteiger partial charge on any atom is 0.282 e. The zero-order valence-corrected chi connectivity index (χ0v) is 18.8. The van der Waals surface area contributed by atoms with Gasteiger partial charge < -0.3 is 14.4 Å². The van der Waals surface area contributed by atoms with Crippen molar-refractivity contribution in [2.75, 3.05) is 45.4 Å². The normalized spacial score (nSPS) is 13.7. The molecule has 0 bridgehead atoms. The minimum Gasteiger partial charge on any atom is -0.383 e. The van der Waals surface area contributed by atoms with E-state index < -0.39 is 11.8 Å². The van der Waals surface area contributed by atoms with Gasteiger partial charge in [0.15, 0.2) is 0 Å². The summed E-state index contributed by atoms with van der Waals surface area (Å²) in [6.45, 7) is 5.64. The summed E-state index contributed by atoms with van der Waals surface area (Å²) < 4.78 is 10.5. The van der Waals surface area contributed by atoms with Crippen LogP contribution in [0.1, 0.15) is 22.3 Å². The third-order valence-corrected chi connectivity index (χ3v) is 5.56. The molecule has 2 aromatic carbocycles. The van der Waals surface area contributed by atoms with Crippen molar-refractivity contribution in [2.45, 2.75) is 13.8 Å². The summed E-state index contributed by atoms with van der Waals surface area (Å²) in [4.78, 5) is 30.3. The van der Waals surface area contributed by atoms with E-state index in [2.05, 4.69) is 6.07 Å². The van der Waals surface area contributed by atoms with Gasteiger partial charge in [0.1, 0.15) is 5.70 Å². The number of methoxy groups -OCH3 is 2. The van der Waals surface area contributed by atoms with Crippen LogP contribution in [-0.2, 0) is 19.1 Å². The highest BCUT2D eigenvalue weighted by Gasteiger charge is 2.42. The Morgan fingerprint density at radius 1 is 0.906 bits per heavy atom. The summed E-state index contributed by atoms with van der Waals surface area (Å²) in [5, 5.41) is 9.08. The summed E-state index contributed by atoms with van der Waals surface area (Å²) in [6, 6.07) is 14.2. The molecule has 0 aliphatic carbocycles. The quantitative estimate of drug-likeness (QED) is 0.566. The van der Waals surface area contributed by atoms with E-state index >= 15 is 0 Å². The predicted molar refractivity (Wildman–Crippen MR) is 122 cm³/mol. The van der Waals surface area contributed by atoms with Gasteiger partial charge in [-0.15, -0.1) is 0 Å². The van der Waals surface area contributed by atoms with Crippen LogP contribution in [-0.4, -0.2) is 57.2 Å². The van der Waals surface area contributed by atoms with E-state index in [1.807, 2.05) is 36.9 Å². The molecule has 7 heteroatoms. The summed E-state index contributed by atoms with van der Waals surface area (Å²) in [5.74, 6) is -0.794. The third kappa shape index (κ3) is 4.57. The predicted octanol–water partition coefficient (Wildman–Crippen LogP) is 3.05. The number of hydrogen-bond acceptors (Lipinski definition) is 6. The number of rotatable bonds is 9. The number of amides is 2. The second kappa shape index (κ2) is 10.2. The Balaban J connectivity index is 2.14. The van der Waals surface area contributed by atoms with Gasteiger partial charge in [-0.1, -0.05) is 18.2 Å². The Morgan fingerprint density at radius 3 is 2.06 bits per heavy atom. The second-order valence-corrected chi connectivity index (χ2v) is 7.60. The number of carbonyl (C=O) groups is 2. The summed E-state index contributed by atoms with van der Waals surface area (Å²) in [6.07, 6.45) is 0. The van der Waals surface area contributed by atoms with Gasteiger partial charge in [-0.05, 0) is 54.8 Å². The zero-order chi connectivity index (χ0) is 23.3. The third-order valence-electron chi connectivity index (χ3n) is 5.56. The maximum atomic E-state index is 13.6. The van der Waals surface area contributed by atoms with Crippen molar-refractivity contribution in [3.8, 4) is 6.07 Å². The molecule has 0 radical (unpaired) electrons. The molecule has 0 spiro atoms. The Bertz CT molecular complexity index is 1080. The molecule has 1 aliphatic heterocycles. The van der Waals surface area contributed by atoms with Crippen molar-refractivity contribution in [1.29, 1.82) is 5.26 Å². The standard InChI is InChI=1S/C25H27N3O4/c1-17-5-8-20(15-18(17)2)22-23(27(11-13-31-3)12-14-32-4)25(30)28(24(22)29)21-9-6-19(16-26)7-10-21/h5-10,15H,11-14H2,1-4H3. The minimum atomic E-state index is -0.403. The number of ether oxygens (including phenoxy) is 2. The molecule has 0 unspecified atom stereocenters. The molecule has 0 saturated carbocycles. The monoisotopic (exact) mass is 433 g/mol. The molecule has 2 aromatic rings. The van der Waals surface area contributed by atoms with Gasteiger partial charge in [-0.3, -0.25) is 9.59 Å². The highest BCUT2D eigenvalue weighted by molar-refractivity contribution is 6.45. The van der Waals surface area contributed by atoms with E-state index in [9.17, 15) is 9.59 Å². The summed E-state index contributed by atoms with van der Waals surface area (Å²) in [5.41, 5.74) is 4.40. The molecule has 1 aliphatic rings. The van der Waals surface area contributed by atoms with Crippen molar-refractivity contribution < 1.29 is 19.1 Å². The Kier molecular flexibility index (Phi) is 7.41. The molecule has 0 fully saturated rings. The highest BCUT2D eigenvalue weighted by atomic mass is 16.5. The Hall–Kier alpha value is -3.47. The number of anilines is 1. The lowest BCUT2D eigenvalue weighted by molar-refractivity contribution is -0.120. The number of imide groups is 1. The lowest BCUT2D eigenvalue weighted by atomic mass is 9.99. The van der Waals surface area contributed by atoms with Gasteiger partial charge in [0, 0.05) is 27.3 Å². The first-order valence-electron chi connectivity index (χ1n) is 10.4. The van der Waals surface area contributed by atoms with Crippen LogP contribution in [0.2, 0.25) is 0 Å². The maximum absolute atomic E-state index is 13.6. The smallest absolute Gasteiger partial charge is 0.282 e. The van der Waals surface area contributed by atoms with Crippen LogP contribution in [0.4, 0.5) is 5.69 Å². The summed E-state index contributed by atoms with van der Waals surface area (Å²) >= 11 is 0.